The minimum Gasteiger partial charge on any atom is -0.396 e. The molecule has 1 aromatic heterocycles. The predicted molar refractivity (Wildman–Crippen MR) is 72.6 cm³/mol. The first-order valence-electron chi connectivity index (χ1n) is 5.91. The van der Waals surface area contributed by atoms with Gasteiger partial charge < -0.3 is 10.2 Å². The largest absolute Gasteiger partial charge is 0.396 e. The van der Waals surface area contributed by atoms with Crippen molar-refractivity contribution in [3.63, 3.8) is 0 Å². The number of nitrogens with zero attached hydrogens (tertiary/aromatic N) is 1. The average Bonchev–Trinajstić information content (AvgIpc) is 2.92. The molecule has 0 radical (unpaired) electrons. The Morgan fingerprint density at radius 2 is 1.78 bits per heavy atom. The molecule has 1 aromatic carbocycles. The lowest BCUT2D eigenvalue weighted by Crippen LogP contribution is -2.35. The van der Waals surface area contributed by atoms with E-state index in [2.05, 4.69) is 4.98 Å². The molecule has 2 aromatic rings. The number of hydrogen-bond donors (Lipinski definition) is 2. The number of thiazole rings is 1. The minimum atomic E-state index is -0.532. The SMILES string of the molecule is OCC(CO)(Cc1ccccc1)Cc1cscn1. The van der Waals surface area contributed by atoms with Gasteiger partial charge in [-0.05, 0) is 12.0 Å². The van der Waals surface area contributed by atoms with Crippen molar-refractivity contribution in [2.75, 3.05) is 13.2 Å². The predicted octanol–water partition coefficient (Wildman–Crippen LogP) is 1.90. The fourth-order valence-corrected chi connectivity index (χ4v) is 2.63. The first-order valence-corrected chi connectivity index (χ1v) is 6.85. The van der Waals surface area contributed by atoms with Crippen LogP contribution in [0.15, 0.2) is 41.2 Å². The maximum atomic E-state index is 9.65. The first-order chi connectivity index (χ1) is 8.78. The van der Waals surface area contributed by atoms with E-state index in [9.17, 15) is 10.2 Å². The highest BCUT2D eigenvalue weighted by atomic mass is 32.1. The van der Waals surface area contributed by atoms with Crippen molar-refractivity contribution in [2.24, 2.45) is 5.41 Å². The third kappa shape index (κ3) is 3.16. The molecule has 3 nitrogen and oxygen atoms in total. The van der Waals surface area contributed by atoms with Gasteiger partial charge in [-0.3, -0.25) is 0 Å². The molecule has 2 rings (SSSR count). The number of benzene rings is 1. The van der Waals surface area contributed by atoms with Gasteiger partial charge in [-0.1, -0.05) is 30.3 Å². The van der Waals surface area contributed by atoms with Crippen molar-refractivity contribution in [3.05, 3.63) is 52.5 Å². The van der Waals surface area contributed by atoms with E-state index in [-0.39, 0.29) is 13.2 Å². The van der Waals surface area contributed by atoms with Crippen LogP contribution >= 0.6 is 11.3 Å². The van der Waals surface area contributed by atoms with E-state index in [1.165, 1.54) is 11.3 Å². The molecule has 0 amide bonds. The molecule has 0 saturated carbocycles. The van der Waals surface area contributed by atoms with Crippen molar-refractivity contribution in [1.82, 2.24) is 4.98 Å². The lowest BCUT2D eigenvalue weighted by molar-refractivity contribution is 0.0541. The molecule has 0 saturated heterocycles. The molecule has 0 aliphatic carbocycles. The number of hydrogen-bond acceptors (Lipinski definition) is 4. The molecule has 0 fully saturated rings. The van der Waals surface area contributed by atoms with Gasteiger partial charge in [0.25, 0.3) is 0 Å². The van der Waals surface area contributed by atoms with Crippen molar-refractivity contribution >= 4 is 11.3 Å². The Morgan fingerprint density at radius 1 is 1.06 bits per heavy atom. The fourth-order valence-electron chi connectivity index (χ4n) is 2.07. The summed E-state index contributed by atoms with van der Waals surface area (Å²) in [5.41, 5.74) is 3.29. The molecular weight excluding hydrogens is 246 g/mol. The lowest BCUT2D eigenvalue weighted by Gasteiger charge is -2.29. The van der Waals surface area contributed by atoms with Gasteiger partial charge in [0, 0.05) is 17.2 Å². The summed E-state index contributed by atoms with van der Waals surface area (Å²) in [7, 11) is 0. The molecular formula is C14H17NO2S. The molecule has 0 spiro atoms. The van der Waals surface area contributed by atoms with Crippen LogP contribution in [-0.2, 0) is 12.8 Å². The van der Waals surface area contributed by atoms with E-state index >= 15 is 0 Å². The zero-order chi connectivity index (χ0) is 12.8. The molecule has 18 heavy (non-hydrogen) atoms. The van der Waals surface area contributed by atoms with E-state index in [1.54, 1.807) is 5.51 Å². The second kappa shape index (κ2) is 6.09. The zero-order valence-corrected chi connectivity index (χ0v) is 10.9. The van der Waals surface area contributed by atoms with Gasteiger partial charge in [0.1, 0.15) is 0 Å². The summed E-state index contributed by atoms with van der Waals surface area (Å²) in [6, 6.07) is 9.93. The summed E-state index contributed by atoms with van der Waals surface area (Å²) >= 11 is 1.53. The van der Waals surface area contributed by atoms with E-state index in [0.717, 1.165) is 11.3 Å². The molecule has 0 aliphatic rings. The third-order valence-corrected chi connectivity index (χ3v) is 3.77. The summed E-state index contributed by atoms with van der Waals surface area (Å²) < 4.78 is 0. The molecule has 2 N–H and O–H groups in total. The summed E-state index contributed by atoms with van der Waals surface area (Å²) in [6.07, 6.45) is 1.25. The quantitative estimate of drug-likeness (QED) is 0.837. The monoisotopic (exact) mass is 263 g/mol. The van der Waals surface area contributed by atoms with Gasteiger partial charge in [-0.25, -0.2) is 4.98 Å². The molecule has 0 atom stereocenters. The second-order valence-electron chi connectivity index (χ2n) is 4.64. The average molecular weight is 263 g/mol. The molecule has 0 unspecified atom stereocenters. The van der Waals surface area contributed by atoms with Crippen molar-refractivity contribution in [3.8, 4) is 0 Å². The van der Waals surface area contributed by atoms with Gasteiger partial charge in [0.05, 0.1) is 24.4 Å². The molecule has 0 aliphatic heterocycles. The maximum absolute atomic E-state index is 9.65. The van der Waals surface area contributed by atoms with Crippen LogP contribution < -0.4 is 0 Å². The highest BCUT2D eigenvalue weighted by Gasteiger charge is 2.30. The molecule has 0 bridgehead atoms. The highest BCUT2D eigenvalue weighted by Crippen LogP contribution is 2.27. The number of aliphatic hydroxyl groups excluding tert-OH is 2. The summed E-state index contributed by atoms with van der Waals surface area (Å²) in [6.45, 7) is -0.0914. The first kappa shape index (κ1) is 13.2. The van der Waals surface area contributed by atoms with Crippen LogP contribution in [0.5, 0.6) is 0 Å². The minimum absolute atomic E-state index is 0.0457. The van der Waals surface area contributed by atoms with Gasteiger partial charge in [-0.2, -0.15) is 0 Å². The van der Waals surface area contributed by atoms with E-state index in [4.69, 9.17) is 0 Å². The third-order valence-electron chi connectivity index (χ3n) is 3.13. The van der Waals surface area contributed by atoms with Crippen LogP contribution in [-0.4, -0.2) is 28.4 Å². The van der Waals surface area contributed by atoms with Crippen molar-refractivity contribution < 1.29 is 10.2 Å². The standard InChI is InChI=1S/C14H17NO2S/c16-9-14(10-17,7-13-8-18-11-15-13)6-12-4-2-1-3-5-12/h1-5,8,11,16-17H,6-7,9-10H2. The van der Waals surface area contributed by atoms with Crippen molar-refractivity contribution in [2.45, 2.75) is 12.8 Å². The molecule has 1 heterocycles. The van der Waals surface area contributed by atoms with E-state index < -0.39 is 5.41 Å². The Balaban J connectivity index is 2.16. The normalized spacial score (nSPS) is 11.7. The van der Waals surface area contributed by atoms with Crippen LogP contribution in [0.25, 0.3) is 0 Å². The Bertz CT molecular complexity index is 452. The van der Waals surface area contributed by atoms with Crippen LogP contribution in [0.4, 0.5) is 0 Å². The van der Waals surface area contributed by atoms with Crippen LogP contribution in [0.1, 0.15) is 11.3 Å². The van der Waals surface area contributed by atoms with Crippen LogP contribution in [0.3, 0.4) is 0 Å². The number of aliphatic hydroxyl groups is 2. The lowest BCUT2D eigenvalue weighted by atomic mass is 9.79. The Kier molecular flexibility index (Phi) is 4.47. The number of aromatic nitrogens is 1. The summed E-state index contributed by atoms with van der Waals surface area (Å²) in [5, 5.41) is 21.3. The molecule has 96 valence electrons. The maximum Gasteiger partial charge on any atom is 0.0794 e. The Morgan fingerprint density at radius 3 is 2.33 bits per heavy atom. The van der Waals surface area contributed by atoms with Gasteiger partial charge >= 0.3 is 0 Å². The van der Waals surface area contributed by atoms with Gasteiger partial charge in [-0.15, -0.1) is 11.3 Å². The molecule has 4 heteroatoms. The summed E-state index contributed by atoms with van der Waals surface area (Å²) in [5.74, 6) is 0. The smallest absolute Gasteiger partial charge is 0.0794 e. The van der Waals surface area contributed by atoms with Crippen LogP contribution in [0, 0.1) is 5.41 Å². The Hall–Kier alpha value is -1.23. The fraction of sp³-hybridized carbons (Fsp3) is 0.357. The van der Waals surface area contributed by atoms with E-state index in [1.807, 2.05) is 35.7 Å². The number of rotatable bonds is 6. The topological polar surface area (TPSA) is 53.4 Å². The van der Waals surface area contributed by atoms with E-state index in [0.29, 0.717) is 12.8 Å². The van der Waals surface area contributed by atoms with Crippen molar-refractivity contribution in [1.29, 1.82) is 0 Å². The van der Waals surface area contributed by atoms with Crippen LogP contribution in [0.2, 0.25) is 0 Å². The van der Waals surface area contributed by atoms with Gasteiger partial charge in [0.15, 0.2) is 0 Å². The second-order valence-corrected chi connectivity index (χ2v) is 5.35. The van der Waals surface area contributed by atoms with Gasteiger partial charge in [0.2, 0.25) is 0 Å². The zero-order valence-electron chi connectivity index (χ0n) is 10.1. The summed E-state index contributed by atoms with van der Waals surface area (Å²) in [4.78, 5) is 4.23. The highest BCUT2D eigenvalue weighted by molar-refractivity contribution is 7.07. The Labute approximate surface area is 111 Å².